The van der Waals surface area contributed by atoms with Gasteiger partial charge in [-0.2, -0.15) is 0 Å². The van der Waals surface area contributed by atoms with Crippen LogP contribution in [0.5, 0.6) is 17.2 Å². The Bertz CT molecular complexity index is 752. The van der Waals surface area contributed by atoms with Gasteiger partial charge in [0.1, 0.15) is 5.75 Å². The van der Waals surface area contributed by atoms with Gasteiger partial charge in [0.15, 0.2) is 11.5 Å². The van der Waals surface area contributed by atoms with Gasteiger partial charge >= 0.3 is 0 Å². The van der Waals surface area contributed by atoms with Gasteiger partial charge in [0.25, 0.3) is 0 Å². The fraction of sp³-hybridized carbons (Fsp3) is 0.278. The number of rotatable bonds is 6. The van der Waals surface area contributed by atoms with E-state index in [2.05, 4.69) is 5.32 Å². The van der Waals surface area contributed by atoms with Crippen molar-refractivity contribution in [3.8, 4) is 17.2 Å². The molecule has 6 nitrogen and oxygen atoms in total. The van der Waals surface area contributed by atoms with Crippen molar-refractivity contribution < 1.29 is 19.0 Å². The van der Waals surface area contributed by atoms with Crippen molar-refractivity contribution in [3.63, 3.8) is 0 Å². The van der Waals surface area contributed by atoms with Gasteiger partial charge in [-0.1, -0.05) is 18.2 Å². The van der Waals surface area contributed by atoms with Gasteiger partial charge in [0.05, 0.1) is 18.0 Å². The highest BCUT2D eigenvalue weighted by molar-refractivity contribution is 5.94. The van der Waals surface area contributed by atoms with Crippen LogP contribution in [0.15, 0.2) is 36.4 Å². The number of nitrogens with one attached hydrogen (secondary N) is 1. The number of anilines is 2. The van der Waals surface area contributed by atoms with Crippen molar-refractivity contribution in [3.05, 3.63) is 42.0 Å². The molecule has 0 spiro atoms. The molecule has 2 aromatic rings. The standard InChI is InChI=1S/C18H20N2O4.ClH/c1-12-5-2-3-6-15(12)22-8-4-7-18(21)20-14-10-17-16(9-13(14)19)23-11-24-17;/h2-3,5-6,9-10H,4,7-8,11,19H2,1H3,(H,20,21);1H. The second-order valence-corrected chi connectivity index (χ2v) is 5.56. The number of aryl methyl sites for hydroxylation is 1. The van der Waals surface area contributed by atoms with Gasteiger partial charge in [-0.15, -0.1) is 12.4 Å². The molecule has 0 fully saturated rings. The summed E-state index contributed by atoms with van der Waals surface area (Å²) in [7, 11) is 0. The van der Waals surface area contributed by atoms with Gasteiger partial charge < -0.3 is 25.3 Å². The van der Waals surface area contributed by atoms with Crippen LogP contribution in [0.25, 0.3) is 0 Å². The predicted molar refractivity (Wildman–Crippen MR) is 98.8 cm³/mol. The molecule has 25 heavy (non-hydrogen) atoms. The third kappa shape index (κ3) is 4.70. The van der Waals surface area contributed by atoms with Crippen LogP contribution in [0.3, 0.4) is 0 Å². The number of amides is 1. The van der Waals surface area contributed by atoms with Gasteiger partial charge in [0.2, 0.25) is 12.7 Å². The minimum absolute atomic E-state index is 0. The van der Waals surface area contributed by atoms with Crippen molar-refractivity contribution in [2.45, 2.75) is 19.8 Å². The summed E-state index contributed by atoms with van der Waals surface area (Å²) in [5, 5.41) is 2.79. The van der Waals surface area contributed by atoms with E-state index < -0.39 is 0 Å². The highest BCUT2D eigenvalue weighted by atomic mass is 35.5. The normalized spacial score (nSPS) is 11.6. The molecule has 0 bridgehead atoms. The van der Waals surface area contributed by atoms with Crippen molar-refractivity contribution >= 4 is 29.7 Å². The van der Waals surface area contributed by atoms with Crippen LogP contribution < -0.4 is 25.3 Å². The SMILES string of the molecule is Cc1ccccc1OCCCC(=O)Nc1cc2c(cc1N)OCO2.Cl. The van der Waals surface area contributed by atoms with Crippen molar-refractivity contribution in [1.82, 2.24) is 0 Å². The number of nitrogen functional groups attached to an aromatic ring is 1. The minimum atomic E-state index is -0.117. The van der Waals surface area contributed by atoms with Gasteiger partial charge in [-0.25, -0.2) is 0 Å². The maximum atomic E-state index is 12.0. The molecule has 1 aliphatic rings. The quantitative estimate of drug-likeness (QED) is 0.605. The van der Waals surface area contributed by atoms with Crippen LogP contribution in [0.1, 0.15) is 18.4 Å². The molecule has 0 aliphatic carbocycles. The zero-order valence-electron chi connectivity index (χ0n) is 13.9. The number of carbonyl (C=O) groups is 1. The number of carbonyl (C=O) groups excluding carboxylic acids is 1. The molecule has 0 radical (unpaired) electrons. The summed E-state index contributed by atoms with van der Waals surface area (Å²) < 4.78 is 16.2. The van der Waals surface area contributed by atoms with Crippen LogP contribution >= 0.6 is 12.4 Å². The van der Waals surface area contributed by atoms with Crippen molar-refractivity contribution in [2.75, 3.05) is 24.5 Å². The maximum Gasteiger partial charge on any atom is 0.231 e. The number of ether oxygens (including phenoxy) is 3. The van der Waals surface area contributed by atoms with Gasteiger partial charge in [-0.3, -0.25) is 4.79 Å². The Hall–Kier alpha value is -2.60. The lowest BCUT2D eigenvalue weighted by Crippen LogP contribution is -2.14. The zero-order chi connectivity index (χ0) is 16.9. The lowest BCUT2D eigenvalue weighted by molar-refractivity contribution is -0.116. The van der Waals surface area contributed by atoms with Crippen LogP contribution in [0.4, 0.5) is 11.4 Å². The second kappa shape index (κ2) is 8.48. The Morgan fingerprint density at radius 1 is 1.24 bits per heavy atom. The Morgan fingerprint density at radius 2 is 1.96 bits per heavy atom. The van der Waals surface area contributed by atoms with Crippen LogP contribution in [0, 0.1) is 6.92 Å². The number of nitrogens with two attached hydrogens (primary N) is 1. The van der Waals surface area contributed by atoms with E-state index in [4.69, 9.17) is 19.9 Å². The number of para-hydroxylation sites is 1. The van der Waals surface area contributed by atoms with E-state index in [0.717, 1.165) is 11.3 Å². The first-order chi connectivity index (χ1) is 11.6. The molecule has 7 heteroatoms. The Morgan fingerprint density at radius 3 is 2.72 bits per heavy atom. The van der Waals surface area contributed by atoms with Crippen LogP contribution in [-0.2, 0) is 4.79 Å². The van der Waals surface area contributed by atoms with Gasteiger partial charge in [0, 0.05) is 18.6 Å². The molecular formula is C18H21ClN2O4. The molecule has 1 heterocycles. The summed E-state index contributed by atoms with van der Waals surface area (Å²) in [4.78, 5) is 12.0. The number of hydrogen-bond donors (Lipinski definition) is 2. The highest BCUT2D eigenvalue weighted by Gasteiger charge is 2.17. The largest absolute Gasteiger partial charge is 0.493 e. The van der Waals surface area contributed by atoms with E-state index >= 15 is 0 Å². The number of fused-ring (bicyclic) bond motifs is 1. The lowest BCUT2D eigenvalue weighted by atomic mass is 10.2. The van der Waals surface area contributed by atoms with E-state index in [0.29, 0.717) is 42.3 Å². The maximum absolute atomic E-state index is 12.0. The molecule has 134 valence electrons. The number of halogens is 1. The van der Waals surface area contributed by atoms with E-state index in [-0.39, 0.29) is 25.1 Å². The monoisotopic (exact) mass is 364 g/mol. The molecule has 0 saturated carbocycles. The van der Waals surface area contributed by atoms with E-state index in [1.807, 2.05) is 31.2 Å². The average Bonchev–Trinajstić information content (AvgIpc) is 3.00. The van der Waals surface area contributed by atoms with Gasteiger partial charge in [-0.05, 0) is 25.0 Å². The minimum Gasteiger partial charge on any atom is -0.493 e. The molecule has 2 aromatic carbocycles. The molecular weight excluding hydrogens is 344 g/mol. The van der Waals surface area contributed by atoms with E-state index in [9.17, 15) is 4.79 Å². The Kier molecular flexibility index (Phi) is 6.36. The lowest BCUT2D eigenvalue weighted by Gasteiger charge is -2.10. The fourth-order valence-corrected chi connectivity index (χ4v) is 2.41. The molecule has 1 amide bonds. The number of hydrogen-bond acceptors (Lipinski definition) is 5. The molecule has 0 unspecified atom stereocenters. The first-order valence-electron chi connectivity index (χ1n) is 7.81. The summed E-state index contributed by atoms with van der Waals surface area (Å²) in [6.07, 6.45) is 0.963. The third-order valence-electron chi connectivity index (χ3n) is 3.72. The first kappa shape index (κ1) is 18.7. The molecule has 0 aromatic heterocycles. The zero-order valence-corrected chi connectivity index (χ0v) is 14.7. The smallest absolute Gasteiger partial charge is 0.231 e. The topological polar surface area (TPSA) is 82.8 Å². The first-order valence-corrected chi connectivity index (χ1v) is 7.81. The summed E-state index contributed by atoms with van der Waals surface area (Å²) in [5.74, 6) is 1.91. The summed E-state index contributed by atoms with van der Waals surface area (Å²) in [6.45, 7) is 2.64. The molecule has 3 rings (SSSR count). The highest BCUT2D eigenvalue weighted by Crippen LogP contribution is 2.38. The summed E-state index contributed by atoms with van der Waals surface area (Å²) in [5.41, 5.74) is 7.97. The van der Waals surface area contributed by atoms with Crippen molar-refractivity contribution in [2.24, 2.45) is 0 Å². The molecule has 0 atom stereocenters. The Labute approximate surface area is 152 Å². The Balaban J connectivity index is 0.00000225. The molecule has 1 aliphatic heterocycles. The number of benzene rings is 2. The molecule has 3 N–H and O–H groups in total. The summed E-state index contributed by atoms with van der Waals surface area (Å²) in [6, 6.07) is 11.1. The average molecular weight is 365 g/mol. The summed E-state index contributed by atoms with van der Waals surface area (Å²) >= 11 is 0. The van der Waals surface area contributed by atoms with E-state index in [1.165, 1.54) is 0 Å². The van der Waals surface area contributed by atoms with E-state index in [1.54, 1.807) is 12.1 Å². The van der Waals surface area contributed by atoms with Crippen LogP contribution in [0.2, 0.25) is 0 Å². The van der Waals surface area contributed by atoms with Crippen LogP contribution in [-0.4, -0.2) is 19.3 Å². The van der Waals surface area contributed by atoms with Crippen molar-refractivity contribution in [1.29, 1.82) is 0 Å². The second-order valence-electron chi connectivity index (χ2n) is 5.56. The predicted octanol–water partition coefficient (Wildman–Crippen LogP) is 3.53. The molecule has 0 saturated heterocycles. The third-order valence-corrected chi connectivity index (χ3v) is 3.72. The fourth-order valence-electron chi connectivity index (χ4n) is 2.41.